The largest absolute Gasteiger partial charge is 0.383 e. The number of H-pyrrole nitrogens is 1. The number of nitrogens with zero attached hydrogens (tertiary/aromatic N) is 3. The Morgan fingerprint density at radius 3 is 3.17 bits per heavy atom. The molecule has 0 spiro atoms. The van der Waals surface area contributed by atoms with Gasteiger partial charge in [0.2, 0.25) is 0 Å². The van der Waals surface area contributed by atoms with E-state index < -0.39 is 0 Å². The van der Waals surface area contributed by atoms with Gasteiger partial charge in [-0.25, -0.2) is 0 Å². The van der Waals surface area contributed by atoms with Gasteiger partial charge in [-0.15, -0.1) is 0 Å². The first-order valence-electron chi connectivity index (χ1n) is 6.18. The molecule has 1 aromatic heterocycles. The molecule has 1 aliphatic heterocycles. The van der Waals surface area contributed by atoms with E-state index >= 15 is 0 Å². The molecular formula is C11H19N5O2. The van der Waals surface area contributed by atoms with Crippen molar-refractivity contribution in [1.29, 1.82) is 0 Å². The van der Waals surface area contributed by atoms with Crippen LogP contribution in [-0.4, -0.2) is 65.6 Å². The van der Waals surface area contributed by atoms with E-state index in [-0.39, 0.29) is 5.91 Å². The maximum atomic E-state index is 12.2. The van der Waals surface area contributed by atoms with Crippen LogP contribution in [0.3, 0.4) is 0 Å². The minimum absolute atomic E-state index is 0.102. The Balaban J connectivity index is 1.96. The first kappa shape index (κ1) is 13.0. The number of aromatic nitrogens is 3. The number of nitrogens with one attached hydrogen (secondary N) is 2. The van der Waals surface area contributed by atoms with E-state index in [2.05, 4.69) is 20.7 Å². The lowest BCUT2D eigenvalue weighted by Gasteiger charge is -2.24. The third kappa shape index (κ3) is 3.27. The van der Waals surface area contributed by atoms with E-state index in [0.717, 1.165) is 13.0 Å². The highest BCUT2D eigenvalue weighted by Crippen LogP contribution is 2.09. The van der Waals surface area contributed by atoms with E-state index in [9.17, 15) is 4.79 Å². The number of aromatic amines is 1. The molecule has 1 aromatic rings. The van der Waals surface area contributed by atoms with Gasteiger partial charge in [-0.1, -0.05) is 0 Å². The van der Waals surface area contributed by atoms with E-state index in [1.54, 1.807) is 12.0 Å². The van der Waals surface area contributed by atoms with E-state index in [0.29, 0.717) is 31.4 Å². The van der Waals surface area contributed by atoms with Crippen molar-refractivity contribution in [2.24, 2.45) is 0 Å². The van der Waals surface area contributed by atoms with E-state index in [4.69, 9.17) is 4.74 Å². The molecule has 2 N–H and O–H groups in total. The van der Waals surface area contributed by atoms with Gasteiger partial charge in [-0.05, 0) is 19.4 Å². The molecule has 1 amide bonds. The molecular weight excluding hydrogens is 234 g/mol. The van der Waals surface area contributed by atoms with Crippen LogP contribution in [0.1, 0.15) is 23.3 Å². The van der Waals surface area contributed by atoms with Gasteiger partial charge in [0.25, 0.3) is 5.91 Å². The quantitative estimate of drug-likeness (QED) is 0.723. The standard InChI is InChI=1S/C11H19N5O2/c1-18-6-5-16(8-9-3-2-4-12-9)11(17)10-7-13-15-14-10/h7,9,12H,2-6,8H2,1H3,(H,13,14,15). The summed E-state index contributed by atoms with van der Waals surface area (Å²) in [5.74, 6) is -0.102. The number of methoxy groups -OCH3 is 1. The Kier molecular flexibility index (Phi) is 4.66. The van der Waals surface area contributed by atoms with Crippen LogP contribution < -0.4 is 5.32 Å². The molecule has 7 heteroatoms. The summed E-state index contributed by atoms with van der Waals surface area (Å²) in [5.41, 5.74) is 0.351. The van der Waals surface area contributed by atoms with Gasteiger partial charge >= 0.3 is 0 Å². The summed E-state index contributed by atoms with van der Waals surface area (Å²) in [7, 11) is 1.63. The van der Waals surface area contributed by atoms with Gasteiger partial charge in [0.05, 0.1) is 12.8 Å². The molecule has 100 valence electrons. The van der Waals surface area contributed by atoms with Gasteiger partial charge in [0.1, 0.15) is 0 Å². The first-order valence-corrected chi connectivity index (χ1v) is 6.18. The molecule has 0 radical (unpaired) electrons. The van der Waals surface area contributed by atoms with Crippen LogP contribution >= 0.6 is 0 Å². The number of hydrogen-bond donors (Lipinski definition) is 2. The molecule has 1 atom stereocenters. The summed E-state index contributed by atoms with van der Waals surface area (Å²) >= 11 is 0. The minimum Gasteiger partial charge on any atom is -0.383 e. The molecule has 7 nitrogen and oxygen atoms in total. The molecule has 2 rings (SSSR count). The molecule has 1 fully saturated rings. The summed E-state index contributed by atoms with van der Waals surface area (Å²) in [5, 5.41) is 13.3. The lowest BCUT2D eigenvalue weighted by molar-refractivity contribution is 0.0673. The zero-order chi connectivity index (χ0) is 12.8. The highest BCUT2D eigenvalue weighted by atomic mass is 16.5. The van der Waals surface area contributed by atoms with Gasteiger partial charge in [-0.3, -0.25) is 4.79 Å². The fourth-order valence-corrected chi connectivity index (χ4v) is 2.12. The lowest BCUT2D eigenvalue weighted by Crippen LogP contribution is -2.42. The number of hydrogen-bond acceptors (Lipinski definition) is 5. The maximum Gasteiger partial charge on any atom is 0.276 e. The van der Waals surface area contributed by atoms with Crippen molar-refractivity contribution in [2.45, 2.75) is 18.9 Å². The van der Waals surface area contributed by atoms with Crippen LogP contribution in [0.25, 0.3) is 0 Å². The molecule has 1 saturated heterocycles. The molecule has 0 bridgehead atoms. The van der Waals surface area contributed by atoms with Crippen molar-refractivity contribution in [2.75, 3.05) is 33.4 Å². The van der Waals surface area contributed by atoms with Crippen molar-refractivity contribution in [1.82, 2.24) is 25.6 Å². The fraction of sp³-hybridized carbons (Fsp3) is 0.727. The highest BCUT2D eigenvalue weighted by molar-refractivity contribution is 5.91. The van der Waals surface area contributed by atoms with E-state index in [1.807, 2.05) is 0 Å². The third-order valence-electron chi connectivity index (χ3n) is 3.09. The zero-order valence-corrected chi connectivity index (χ0v) is 10.6. The predicted molar refractivity (Wildman–Crippen MR) is 65.2 cm³/mol. The maximum absolute atomic E-state index is 12.2. The van der Waals surface area contributed by atoms with Gasteiger partial charge in [0, 0.05) is 26.2 Å². The van der Waals surface area contributed by atoms with Gasteiger partial charge < -0.3 is 15.0 Å². The Labute approximate surface area is 106 Å². The second-order valence-electron chi connectivity index (χ2n) is 4.39. The van der Waals surface area contributed by atoms with Crippen molar-refractivity contribution in [3.63, 3.8) is 0 Å². The molecule has 0 aromatic carbocycles. The monoisotopic (exact) mass is 253 g/mol. The van der Waals surface area contributed by atoms with Crippen LogP contribution in [0.2, 0.25) is 0 Å². The lowest BCUT2D eigenvalue weighted by atomic mass is 10.2. The topological polar surface area (TPSA) is 83.1 Å². The van der Waals surface area contributed by atoms with Gasteiger partial charge in [0.15, 0.2) is 5.69 Å². The molecule has 0 saturated carbocycles. The second kappa shape index (κ2) is 6.46. The normalized spacial score (nSPS) is 19.1. The van der Waals surface area contributed by atoms with Crippen LogP contribution in [0.5, 0.6) is 0 Å². The Morgan fingerprint density at radius 1 is 1.67 bits per heavy atom. The Hall–Kier alpha value is -1.47. The average molecular weight is 253 g/mol. The Bertz CT molecular complexity index is 362. The summed E-state index contributed by atoms with van der Waals surface area (Å²) in [6.45, 7) is 2.81. The first-order chi connectivity index (χ1) is 8.81. The average Bonchev–Trinajstić information content (AvgIpc) is 3.06. The summed E-state index contributed by atoms with van der Waals surface area (Å²) in [6.07, 6.45) is 3.72. The van der Waals surface area contributed by atoms with Crippen molar-refractivity contribution >= 4 is 5.91 Å². The fourth-order valence-electron chi connectivity index (χ4n) is 2.12. The zero-order valence-electron chi connectivity index (χ0n) is 10.6. The SMILES string of the molecule is COCCN(CC1CCCN1)C(=O)c1cn[nH]n1. The second-order valence-corrected chi connectivity index (χ2v) is 4.39. The van der Waals surface area contributed by atoms with Gasteiger partial charge in [-0.2, -0.15) is 15.4 Å². The molecule has 18 heavy (non-hydrogen) atoms. The third-order valence-corrected chi connectivity index (χ3v) is 3.09. The van der Waals surface area contributed by atoms with Crippen LogP contribution in [0, 0.1) is 0 Å². The van der Waals surface area contributed by atoms with E-state index in [1.165, 1.54) is 12.6 Å². The number of carbonyl (C=O) groups is 1. The highest BCUT2D eigenvalue weighted by Gasteiger charge is 2.23. The number of amides is 1. The summed E-state index contributed by atoms with van der Waals surface area (Å²) in [6, 6.07) is 0.373. The Morgan fingerprint density at radius 2 is 2.56 bits per heavy atom. The van der Waals surface area contributed by atoms with Crippen LogP contribution in [-0.2, 0) is 4.74 Å². The van der Waals surface area contributed by atoms with Crippen LogP contribution in [0.4, 0.5) is 0 Å². The summed E-state index contributed by atoms with van der Waals surface area (Å²) in [4.78, 5) is 14.0. The molecule has 1 unspecified atom stereocenters. The predicted octanol–water partition coefficient (Wildman–Crippen LogP) is -0.355. The number of rotatable bonds is 6. The number of carbonyl (C=O) groups excluding carboxylic acids is 1. The minimum atomic E-state index is -0.102. The molecule has 2 heterocycles. The molecule has 0 aliphatic carbocycles. The van der Waals surface area contributed by atoms with Crippen molar-refractivity contribution in [3.8, 4) is 0 Å². The summed E-state index contributed by atoms with van der Waals surface area (Å²) < 4.78 is 5.05. The smallest absolute Gasteiger partial charge is 0.276 e. The molecule has 1 aliphatic rings. The van der Waals surface area contributed by atoms with Crippen molar-refractivity contribution < 1.29 is 9.53 Å². The van der Waals surface area contributed by atoms with Crippen LogP contribution in [0.15, 0.2) is 6.20 Å². The number of ether oxygens (including phenoxy) is 1. The van der Waals surface area contributed by atoms with Crippen molar-refractivity contribution in [3.05, 3.63) is 11.9 Å².